The first-order valence-electron chi connectivity index (χ1n) is 6.78. The van der Waals surface area contributed by atoms with E-state index in [1.807, 2.05) is 20.8 Å². The van der Waals surface area contributed by atoms with Gasteiger partial charge in [-0.05, 0) is 12.8 Å². The minimum atomic E-state index is -0.436. The van der Waals surface area contributed by atoms with Crippen LogP contribution in [0.1, 0.15) is 51.0 Å². The molecular formula is C13H20N4O2S. The second-order valence-corrected chi connectivity index (χ2v) is 7.03. The molecule has 1 aliphatic carbocycles. The van der Waals surface area contributed by atoms with Gasteiger partial charge in [0.2, 0.25) is 16.9 Å². The van der Waals surface area contributed by atoms with Crippen molar-refractivity contribution in [2.45, 2.75) is 46.0 Å². The van der Waals surface area contributed by atoms with Crippen LogP contribution < -0.4 is 10.6 Å². The van der Waals surface area contributed by atoms with E-state index in [0.717, 1.165) is 5.01 Å². The van der Waals surface area contributed by atoms with Crippen LogP contribution in [0.5, 0.6) is 0 Å². The highest BCUT2D eigenvalue weighted by Crippen LogP contribution is 2.41. The van der Waals surface area contributed by atoms with Gasteiger partial charge in [-0.1, -0.05) is 32.1 Å². The number of nitrogens with zero attached hydrogens (tertiary/aromatic N) is 2. The Bertz CT molecular complexity index is 503. The van der Waals surface area contributed by atoms with Gasteiger partial charge < -0.3 is 10.6 Å². The van der Waals surface area contributed by atoms with Crippen LogP contribution >= 0.6 is 11.3 Å². The number of aromatic nitrogens is 2. The van der Waals surface area contributed by atoms with E-state index in [0.29, 0.717) is 17.6 Å². The summed E-state index contributed by atoms with van der Waals surface area (Å²) in [5, 5.41) is 15.0. The van der Waals surface area contributed by atoms with Crippen molar-refractivity contribution in [3.05, 3.63) is 5.01 Å². The third kappa shape index (κ3) is 4.26. The van der Waals surface area contributed by atoms with Crippen LogP contribution in [0, 0.1) is 5.41 Å². The minimum absolute atomic E-state index is 0.0581. The van der Waals surface area contributed by atoms with Gasteiger partial charge in [0.05, 0.1) is 0 Å². The van der Waals surface area contributed by atoms with E-state index in [1.54, 1.807) is 0 Å². The fourth-order valence-electron chi connectivity index (χ4n) is 1.52. The largest absolute Gasteiger partial charge is 0.355 e. The lowest BCUT2D eigenvalue weighted by Gasteiger charge is -2.17. The van der Waals surface area contributed by atoms with Crippen molar-refractivity contribution < 1.29 is 9.59 Å². The van der Waals surface area contributed by atoms with E-state index < -0.39 is 5.41 Å². The molecule has 0 aromatic carbocycles. The van der Waals surface area contributed by atoms with Crippen molar-refractivity contribution in [2.24, 2.45) is 5.41 Å². The molecule has 0 bridgehead atoms. The first-order valence-corrected chi connectivity index (χ1v) is 7.59. The van der Waals surface area contributed by atoms with Crippen LogP contribution in [0.4, 0.5) is 5.13 Å². The Morgan fingerprint density at radius 1 is 1.30 bits per heavy atom. The average molecular weight is 296 g/mol. The average Bonchev–Trinajstić information content (AvgIpc) is 3.09. The summed E-state index contributed by atoms with van der Waals surface area (Å²) >= 11 is 1.43. The predicted molar refractivity (Wildman–Crippen MR) is 77.6 cm³/mol. The maximum Gasteiger partial charge on any atom is 0.227 e. The van der Waals surface area contributed by atoms with E-state index in [4.69, 9.17) is 0 Å². The molecule has 1 fully saturated rings. The van der Waals surface area contributed by atoms with Gasteiger partial charge in [-0.3, -0.25) is 9.59 Å². The van der Waals surface area contributed by atoms with Crippen LogP contribution in [0.25, 0.3) is 0 Å². The number of anilines is 1. The maximum atomic E-state index is 11.7. The molecule has 0 saturated heterocycles. The molecule has 2 rings (SSSR count). The number of carbonyl (C=O) groups excluding carboxylic acids is 2. The van der Waals surface area contributed by atoms with Crippen LogP contribution in [0.2, 0.25) is 0 Å². The second kappa shape index (κ2) is 5.87. The number of hydrogen-bond acceptors (Lipinski definition) is 5. The van der Waals surface area contributed by atoms with Gasteiger partial charge in [-0.2, -0.15) is 0 Å². The summed E-state index contributed by atoms with van der Waals surface area (Å²) in [6.45, 7) is 5.84. The molecule has 2 amide bonds. The lowest BCUT2D eigenvalue weighted by Crippen LogP contribution is -2.36. The van der Waals surface area contributed by atoms with Crippen molar-refractivity contribution in [3.63, 3.8) is 0 Å². The molecule has 1 heterocycles. The second-order valence-electron chi connectivity index (χ2n) is 6.02. The Balaban J connectivity index is 1.71. The number of nitrogens with one attached hydrogen (secondary N) is 2. The molecule has 110 valence electrons. The Labute approximate surface area is 122 Å². The fourth-order valence-corrected chi connectivity index (χ4v) is 2.45. The van der Waals surface area contributed by atoms with Crippen molar-refractivity contribution >= 4 is 28.3 Å². The smallest absolute Gasteiger partial charge is 0.227 e. The zero-order chi connectivity index (χ0) is 14.8. The summed E-state index contributed by atoms with van der Waals surface area (Å²) in [7, 11) is 0. The van der Waals surface area contributed by atoms with Crippen molar-refractivity contribution in [2.75, 3.05) is 11.9 Å². The zero-order valence-corrected chi connectivity index (χ0v) is 12.8. The fraction of sp³-hybridized carbons (Fsp3) is 0.692. The van der Waals surface area contributed by atoms with E-state index in [-0.39, 0.29) is 18.2 Å². The summed E-state index contributed by atoms with van der Waals surface area (Å²) in [4.78, 5) is 23.3. The van der Waals surface area contributed by atoms with Crippen LogP contribution in [0.3, 0.4) is 0 Å². The summed E-state index contributed by atoms with van der Waals surface area (Å²) in [6.07, 6.45) is 2.57. The van der Waals surface area contributed by atoms with Gasteiger partial charge in [0.25, 0.3) is 0 Å². The maximum absolute atomic E-state index is 11.7. The predicted octanol–water partition coefficient (Wildman–Crippen LogP) is 1.91. The number of hydrogen-bond donors (Lipinski definition) is 2. The van der Waals surface area contributed by atoms with Gasteiger partial charge in [0.1, 0.15) is 5.01 Å². The van der Waals surface area contributed by atoms with Crippen LogP contribution in [-0.2, 0) is 9.59 Å². The standard InChI is InChI=1S/C13H20N4O2S/c1-13(2,3)11(19)14-7-6-9(18)15-12-17-16-10(20-12)8-4-5-8/h8H,4-7H2,1-3H3,(H,14,19)(H,15,17,18). The van der Waals surface area contributed by atoms with Crippen molar-refractivity contribution in [3.8, 4) is 0 Å². The lowest BCUT2D eigenvalue weighted by molar-refractivity contribution is -0.128. The molecule has 1 aromatic heterocycles. The van der Waals surface area contributed by atoms with Gasteiger partial charge in [0.15, 0.2) is 0 Å². The first-order chi connectivity index (χ1) is 9.36. The molecule has 0 radical (unpaired) electrons. The van der Waals surface area contributed by atoms with Crippen molar-refractivity contribution in [1.29, 1.82) is 0 Å². The monoisotopic (exact) mass is 296 g/mol. The minimum Gasteiger partial charge on any atom is -0.355 e. The molecule has 1 aliphatic rings. The van der Waals surface area contributed by atoms with E-state index in [1.165, 1.54) is 24.2 Å². The van der Waals surface area contributed by atoms with E-state index in [9.17, 15) is 9.59 Å². The molecule has 0 unspecified atom stereocenters. The molecule has 1 aromatic rings. The third-order valence-electron chi connectivity index (χ3n) is 2.93. The van der Waals surface area contributed by atoms with Gasteiger partial charge in [-0.15, -0.1) is 10.2 Å². The number of carbonyl (C=O) groups is 2. The summed E-state index contributed by atoms with van der Waals surface area (Å²) in [6, 6.07) is 0. The number of rotatable bonds is 5. The Kier molecular flexibility index (Phi) is 4.37. The molecular weight excluding hydrogens is 276 g/mol. The summed E-state index contributed by atoms with van der Waals surface area (Å²) < 4.78 is 0. The zero-order valence-electron chi connectivity index (χ0n) is 12.0. The Morgan fingerprint density at radius 2 is 2.00 bits per heavy atom. The molecule has 0 atom stereocenters. The summed E-state index contributed by atoms with van der Waals surface area (Å²) in [5.41, 5.74) is -0.436. The van der Waals surface area contributed by atoms with E-state index >= 15 is 0 Å². The molecule has 2 N–H and O–H groups in total. The van der Waals surface area contributed by atoms with Crippen molar-refractivity contribution in [1.82, 2.24) is 15.5 Å². The van der Waals surface area contributed by atoms with Crippen LogP contribution in [-0.4, -0.2) is 28.6 Å². The summed E-state index contributed by atoms with van der Waals surface area (Å²) in [5.74, 6) is 0.333. The molecule has 1 saturated carbocycles. The lowest BCUT2D eigenvalue weighted by atomic mass is 9.96. The topological polar surface area (TPSA) is 84.0 Å². The molecule has 20 heavy (non-hydrogen) atoms. The SMILES string of the molecule is CC(C)(C)C(=O)NCCC(=O)Nc1nnc(C2CC2)s1. The quantitative estimate of drug-likeness (QED) is 0.869. The highest BCUT2D eigenvalue weighted by atomic mass is 32.1. The molecule has 0 aliphatic heterocycles. The molecule has 6 nitrogen and oxygen atoms in total. The highest BCUT2D eigenvalue weighted by molar-refractivity contribution is 7.15. The Hall–Kier alpha value is -1.50. The number of amides is 2. The van der Waals surface area contributed by atoms with Gasteiger partial charge in [-0.25, -0.2) is 0 Å². The van der Waals surface area contributed by atoms with E-state index in [2.05, 4.69) is 20.8 Å². The molecule has 0 spiro atoms. The Morgan fingerprint density at radius 3 is 2.60 bits per heavy atom. The highest BCUT2D eigenvalue weighted by Gasteiger charge is 2.27. The molecule has 7 heteroatoms. The third-order valence-corrected chi connectivity index (χ3v) is 3.93. The van der Waals surface area contributed by atoms with Crippen LogP contribution in [0.15, 0.2) is 0 Å². The normalized spacial score (nSPS) is 14.9. The van der Waals surface area contributed by atoms with Gasteiger partial charge in [0, 0.05) is 24.3 Å². The first kappa shape index (κ1) is 14.9. The van der Waals surface area contributed by atoms with Gasteiger partial charge >= 0.3 is 0 Å².